The number of benzene rings is 2. The van der Waals surface area contributed by atoms with Crippen molar-refractivity contribution < 1.29 is 18.9 Å². The van der Waals surface area contributed by atoms with Crippen LogP contribution in [0.1, 0.15) is 0 Å². The summed E-state index contributed by atoms with van der Waals surface area (Å²) in [7, 11) is 4.82. The van der Waals surface area contributed by atoms with Gasteiger partial charge in [-0.1, -0.05) is 6.07 Å². The smallest absolute Gasteiger partial charge is 0.233 e. The van der Waals surface area contributed by atoms with Gasteiger partial charge in [0, 0.05) is 36.6 Å². The van der Waals surface area contributed by atoms with E-state index in [1.807, 2.05) is 42.5 Å². The lowest BCUT2D eigenvalue weighted by molar-refractivity contribution is 0.122. The Bertz CT molecular complexity index is 1060. The molecule has 1 aliphatic rings. The molecule has 2 N–H and O–H groups in total. The molecule has 10 nitrogen and oxygen atoms in total. The van der Waals surface area contributed by atoms with Crippen LogP contribution >= 0.6 is 0 Å². The molecule has 0 amide bonds. The molecule has 2 aromatic carbocycles. The van der Waals surface area contributed by atoms with Crippen molar-refractivity contribution in [3.05, 3.63) is 42.5 Å². The highest BCUT2D eigenvalue weighted by Gasteiger charge is 2.17. The number of anilines is 5. The number of aromatic nitrogens is 3. The average Bonchev–Trinajstić information content (AvgIpc) is 2.84. The van der Waals surface area contributed by atoms with Gasteiger partial charge in [0.05, 0.1) is 34.5 Å². The molecule has 10 heteroatoms. The standard InChI is InChI=1S/C22H26N6O4/c1-29-17-6-4-5-15(13-17)23-20-25-21(27-22(26-20)28-9-11-32-12-10-28)24-16-7-8-18(30-2)19(14-16)31-3/h4-8,13-14H,9-12H2,1-3H3,(H2,23,24,25,26,27). The number of nitrogens with zero attached hydrogens (tertiary/aromatic N) is 4. The summed E-state index contributed by atoms with van der Waals surface area (Å²) in [5.74, 6) is 3.37. The fraction of sp³-hybridized carbons (Fsp3) is 0.318. The van der Waals surface area contributed by atoms with Gasteiger partial charge in [0.15, 0.2) is 11.5 Å². The molecule has 0 radical (unpaired) electrons. The molecular weight excluding hydrogens is 412 g/mol. The van der Waals surface area contributed by atoms with Crippen LogP contribution in [0.5, 0.6) is 17.2 Å². The van der Waals surface area contributed by atoms with Crippen molar-refractivity contribution in [2.24, 2.45) is 0 Å². The highest BCUT2D eigenvalue weighted by atomic mass is 16.5. The fourth-order valence-electron chi connectivity index (χ4n) is 3.25. The topological polar surface area (TPSA) is 103 Å². The van der Waals surface area contributed by atoms with E-state index >= 15 is 0 Å². The Labute approximate surface area is 186 Å². The van der Waals surface area contributed by atoms with E-state index in [4.69, 9.17) is 18.9 Å². The molecule has 1 aliphatic heterocycles. The molecule has 3 aromatic rings. The Morgan fingerprint density at radius 2 is 1.47 bits per heavy atom. The molecule has 4 rings (SSSR count). The van der Waals surface area contributed by atoms with Crippen LogP contribution in [-0.4, -0.2) is 62.6 Å². The summed E-state index contributed by atoms with van der Waals surface area (Å²) in [6.07, 6.45) is 0. The van der Waals surface area contributed by atoms with E-state index in [0.29, 0.717) is 55.6 Å². The lowest BCUT2D eigenvalue weighted by atomic mass is 10.3. The summed E-state index contributed by atoms with van der Waals surface area (Å²) in [4.78, 5) is 15.9. The SMILES string of the molecule is COc1cccc(Nc2nc(Nc3ccc(OC)c(OC)c3)nc(N3CCOCC3)n2)c1. The number of nitrogens with one attached hydrogen (secondary N) is 2. The molecule has 2 heterocycles. The Balaban J connectivity index is 1.65. The number of morpholine rings is 1. The van der Waals surface area contributed by atoms with Crippen LogP contribution in [0.3, 0.4) is 0 Å². The van der Waals surface area contributed by atoms with Gasteiger partial charge in [-0.15, -0.1) is 0 Å². The summed E-state index contributed by atoms with van der Waals surface area (Å²) < 4.78 is 21.5. The third kappa shape index (κ3) is 5.09. The summed E-state index contributed by atoms with van der Waals surface area (Å²) >= 11 is 0. The highest BCUT2D eigenvalue weighted by molar-refractivity contribution is 5.63. The molecule has 1 saturated heterocycles. The second-order valence-corrected chi connectivity index (χ2v) is 6.93. The zero-order valence-corrected chi connectivity index (χ0v) is 18.3. The molecule has 0 atom stereocenters. The number of methoxy groups -OCH3 is 3. The maximum atomic E-state index is 5.46. The van der Waals surface area contributed by atoms with Gasteiger partial charge >= 0.3 is 0 Å². The van der Waals surface area contributed by atoms with Crippen molar-refractivity contribution in [1.29, 1.82) is 0 Å². The predicted octanol–water partition coefficient (Wildman–Crippen LogP) is 3.22. The van der Waals surface area contributed by atoms with E-state index in [1.54, 1.807) is 21.3 Å². The minimum absolute atomic E-state index is 0.402. The lowest BCUT2D eigenvalue weighted by Crippen LogP contribution is -2.37. The van der Waals surface area contributed by atoms with Gasteiger partial charge in [-0.25, -0.2) is 0 Å². The molecule has 168 valence electrons. The van der Waals surface area contributed by atoms with Crippen molar-refractivity contribution in [1.82, 2.24) is 15.0 Å². The van der Waals surface area contributed by atoms with Crippen LogP contribution in [0.15, 0.2) is 42.5 Å². The van der Waals surface area contributed by atoms with Crippen molar-refractivity contribution in [2.45, 2.75) is 0 Å². The van der Waals surface area contributed by atoms with E-state index < -0.39 is 0 Å². The summed E-state index contributed by atoms with van der Waals surface area (Å²) in [5.41, 5.74) is 1.56. The first-order chi connectivity index (χ1) is 15.7. The normalized spacial score (nSPS) is 13.4. The first kappa shape index (κ1) is 21.4. The molecular formula is C22H26N6O4. The Hall–Kier alpha value is -3.79. The molecule has 32 heavy (non-hydrogen) atoms. The van der Waals surface area contributed by atoms with Gasteiger partial charge in [-0.05, 0) is 24.3 Å². The summed E-state index contributed by atoms with van der Waals surface area (Å²) in [6, 6.07) is 13.1. The minimum atomic E-state index is 0.402. The van der Waals surface area contributed by atoms with E-state index in [-0.39, 0.29) is 0 Å². The molecule has 0 unspecified atom stereocenters. The van der Waals surface area contributed by atoms with E-state index in [1.165, 1.54) is 0 Å². The number of ether oxygens (including phenoxy) is 4. The Morgan fingerprint density at radius 1 is 0.781 bits per heavy atom. The molecule has 0 bridgehead atoms. The largest absolute Gasteiger partial charge is 0.497 e. The van der Waals surface area contributed by atoms with Crippen molar-refractivity contribution in [2.75, 3.05) is 63.2 Å². The monoisotopic (exact) mass is 438 g/mol. The maximum Gasteiger partial charge on any atom is 0.233 e. The Morgan fingerprint density at radius 3 is 2.12 bits per heavy atom. The summed E-state index contributed by atoms with van der Waals surface area (Å²) in [6.45, 7) is 2.67. The molecule has 1 fully saturated rings. The first-order valence-electron chi connectivity index (χ1n) is 10.2. The number of rotatable bonds is 8. The second-order valence-electron chi connectivity index (χ2n) is 6.93. The van der Waals surface area contributed by atoms with Gasteiger partial charge in [-0.3, -0.25) is 0 Å². The highest BCUT2D eigenvalue weighted by Crippen LogP contribution is 2.31. The van der Waals surface area contributed by atoms with Crippen LogP contribution in [0, 0.1) is 0 Å². The number of hydrogen-bond donors (Lipinski definition) is 2. The molecule has 0 spiro atoms. The lowest BCUT2D eigenvalue weighted by Gasteiger charge is -2.27. The van der Waals surface area contributed by atoms with Gasteiger partial charge in [-0.2, -0.15) is 15.0 Å². The van der Waals surface area contributed by atoms with Crippen LogP contribution in [0.25, 0.3) is 0 Å². The third-order valence-corrected chi connectivity index (χ3v) is 4.88. The molecule has 0 saturated carbocycles. The predicted molar refractivity (Wildman–Crippen MR) is 122 cm³/mol. The quantitative estimate of drug-likeness (QED) is 0.545. The molecule has 1 aromatic heterocycles. The Kier molecular flexibility index (Phi) is 6.71. The zero-order valence-electron chi connectivity index (χ0n) is 18.3. The second kappa shape index (κ2) is 10.0. The van der Waals surface area contributed by atoms with Crippen molar-refractivity contribution in [3.8, 4) is 17.2 Å². The van der Waals surface area contributed by atoms with E-state index in [2.05, 4.69) is 30.5 Å². The van der Waals surface area contributed by atoms with E-state index in [9.17, 15) is 0 Å². The third-order valence-electron chi connectivity index (χ3n) is 4.88. The first-order valence-corrected chi connectivity index (χ1v) is 10.2. The fourth-order valence-corrected chi connectivity index (χ4v) is 3.25. The summed E-state index contributed by atoms with van der Waals surface area (Å²) in [5, 5.41) is 6.48. The molecule has 0 aliphatic carbocycles. The van der Waals surface area contributed by atoms with Gasteiger partial charge in [0.1, 0.15) is 5.75 Å². The van der Waals surface area contributed by atoms with Gasteiger partial charge in [0.25, 0.3) is 0 Å². The number of hydrogen-bond acceptors (Lipinski definition) is 10. The van der Waals surface area contributed by atoms with Crippen LogP contribution in [-0.2, 0) is 4.74 Å². The van der Waals surface area contributed by atoms with Gasteiger partial charge < -0.3 is 34.5 Å². The van der Waals surface area contributed by atoms with Gasteiger partial charge in [0.2, 0.25) is 17.8 Å². The van der Waals surface area contributed by atoms with Crippen molar-refractivity contribution in [3.63, 3.8) is 0 Å². The van der Waals surface area contributed by atoms with Crippen LogP contribution in [0.2, 0.25) is 0 Å². The zero-order chi connectivity index (χ0) is 22.3. The maximum absolute atomic E-state index is 5.46. The minimum Gasteiger partial charge on any atom is -0.497 e. The van der Waals surface area contributed by atoms with Crippen molar-refractivity contribution >= 4 is 29.2 Å². The average molecular weight is 438 g/mol. The van der Waals surface area contributed by atoms with E-state index in [0.717, 1.165) is 17.1 Å². The van der Waals surface area contributed by atoms with Crippen LogP contribution in [0.4, 0.5) is 29.2 Å². The van der Waals surface area contributed by atoms with Crippen LogP contribution < -0.4 is 29.7 Å².